The summed E-state index contributed by atoms with van der Waals surface area (Å²) in [5.74, 6) is 0.593. The standard InChI is InChI=1S/C19H26N4O3/c1-2-11-20-19(26)13-3-8-16(21-12-13)22-14-4-6-15(7-5-14)23-17(24)9-10-18(23)25/h3,8,12,14-15H,2,4-7,9-11H2,1H3,(H,20,26)(H,21,22). The summed E-state index contributed by atoms with van der Waals surface area (Å²) in [6, 6.07) is 3.91. The van der Waals surface area contributed by atoms with Crippen LogP contribution in [0.5, 0.6) is 0 Å². The van der Waals surface area contributed by atoms with E-state index in [9.17, 15) is 14.4 Å². The molecule has 3 amide bonds. The molecule has 1 saturated heterocycles. The largest absolute Gasteiger partial charge is 0.367 e. The summed E-state index contributed by atoms with van der Waals surface area (Å²) in [4.78, 5) is 41.4. The van der Waals surface area contributed by atoms with Crippen LogP contribution in [0, 0.1) is 0 Å². The van der Waals surface area contributed by atoms with Crippen molar-refractivity contribution < 1.29 is 14.4 Å². The molecule has 0 unspecified atom stereocenters. The second kappa shape index (κ2) is 8.29. The maximum atomic E-state index is 11.9. The Morgan fingerprint density at radius 3 is 2.42 bits per heavy atom. The van der Waals surface area contributed by atoms with Crippen LogP contribution < -0.4 is 10.6 Å². The maximum Gasteiger partial charge on any atom is 0.252 e. The minimum absolute atomic E-state index is 0.0231. The molecular formula is C19H26N4O3. The average Bonchev–Trinajstić information content (AvgIpc) is 2.99. The molecular weight excluding hydrogens is 332 g/mol. The predicted molar refractivity (Wildman–Crippen MR) is 97.6 cm³/mol. The zero-order valence-corrected chi connectivity index (χ0v) is 15.2. The SMILES string of the molecule is CCCNC(=O)c1ccc(NC2CCC(N3C(=O)CCC3=O)CC2)nc1. The lowest BCUT2D eigenvalue weighted by atomic mass is 9.90. The summed E-state index contributed by atoms with van der Waals surface area (Å²) in [6.45, 7) is 2.67. The van der Waals surface area contributed by atoms with Gasteiger partial charge in [-0.15, -0.1) is 0 Å². The number of rotatable bonds is 6. The third-order valence-electron chi connectivity index (χ3n) is 5.07. The van der Waals surface area contributed by atoms with E-state index in [-0.39, 0.29) is 29.8 Å². The third-order valence-corrected chi connectivity index (χ3v) is 5.07. The summed E-state index contributed by atoms with van der Waals surface area (Å²) < 4.78 is 0. The van der Waals surface area contributed by atoms with Gasteiger partial charge in [-0.2, -0.15) is 0 Å². The number of amides is 3. The molecule has 1 aromatic rings. The molecule has 1 saturated carbocycles. The third kappa shape index (κ3) is 4.20. The quantitative estimate of drug-likeness (QED) is 0.760. The molecule has 1 aliphatic carbocycles. The van der Waals surface area contributed by atoms with Crippen LogP contribution in [0.1, 0.15) is 62.2 Å². The highest BCUT2D eigenvalue weighted by Crippen LogP contribution is 2.28. The second-order valence-electron chi connectivity index (χ2n) is 7.00. The van der Waals surface area contributed by atoms with Gasteiger partial charge < -0.3 is 10.6 Å². The highest BCUT2D eigenvalue weighted by molar-refractivity contribution is 6.02. The Kier molecular flexibility index (Phi) is 5.85. The average molecular weight is 358 g/mol. The minimum atomic E-state index is -0.105. The Morgan fingerprint density at radius 2 is 1.85 bits per heavy atom. The Labute approximate surface area is 153 Å². The van der Waals surface area contributed by atoms with Crippen molar-refractivity contribution in [3.63, 3.8) is 0 Å². The van der Waals surface area contributed by atoms with Gasteiger partial charge in [0.05, 0.1) is 5.56 Å². The van der Waals surface area contributed by atoms with Gasteiger partial charge in [-0.3, -0.25) is 19.3 Å². The van der Waals surface area contributed by atoms with Crippen LogP contribution in [0.2, 0.25) is 0 Å². The predicted octanol–water partition coefficient (Wildman–Crippen LogP) is 2.09. The van der Waals surface area contributed by atoms with E-state index >= 15 is 0 Å². The summed E-state index contributed by atoms with van der Waals surface area (Å²) in [5, 5.41) is 6.22. The van der Waals surface area contributed by atoms with Crippen LogP contribution >= 0.6 is 0 Å². The molecule has 2 aliphatic rings. The molecule has 7 heteroatoms. The number of likely N-dealkylation sites (tertiary alicyclic amines) is 1. The topological polar surface area (TPSA) is 91.4 Å². The van der Waals surface area contributed by atoms with Crippen LogP contribution in [0.25, 0.3) is 0 Å². The monoisotopic (exact) mass is 358 g/mol. The molecule has 0 spiro atoms. The molecule has 3 rings (SSSR count). The first-order chi connectivity index (χ1) is 12.6. The van der Waals surface area contributed by atoms with Crippen molar-refractivity contribution in [2.24, 2.45) is 0 Å². The molecule has 1 aromatic heterocycles. The van der Waals surface area contributed by atoms with Crippen molar-refractivity contribution in [1.29, 1.82) is 0 Å². The van der Waals surface area contributed by atoms with E-state index in [4.69, 9.17) is 0 Å². The fourth-order valence-corrected chi connectivity index (χ4v) is 3.64. The van der Waals surface area contributed by atoms with E-state index in [1.807, 2.05) is 13.0 Å². The number of hydrogen-bond donors (Lipinski definition) is 2. The first-order valence-corrected chi connectivity index (χ1v) is 9.44. The van der Waals surface area contributed by atoms with Crippen LogP contribution in [0.4, 0.5) is 5.82 Å². The Hall–Kier alpha value is -2.44. The molecule has 140 valence electrons. The van der Waals surface area contributed by atoms with Crippen LogP contribution in [-0.2, 0) is 9.59 Å². The maximum absolute atomic E-state index is 11.9. The fourth-order valence-electron chi connectivity index (χ4n) is 3.64. The smallest absolute Gasteiger partial charge is 0.252 e. The summed E-state index contributed by atoms with van der Waals surface area (Å²) in [5.41, 5.74) is 0.554. The molecule has 26 heavy (non-hydrogen) atoms. The van der Waals surface area contributed by atoms with Gasteiger partial charge in [-0.05, 0) is 44.2 Å². The highest BCUT2D eigenvalue weighted by Gasteiger charge is 2.36. The summed E-state index contributed by atoms with van der Waals surface area (Å²) >= 11 is 0. The molecule has 2 heterocycles. The van der Waals surface area contributed by atoms with Crippen molar-refractivity contribution in [2.45, 2.75) is 64.0 Å². The lowest BCUT2D eigenvalue weighted by Crippen LogP contribution is -2.43. The highest BCUT2D eigenvalue weighted by atomic mass is 16.2. The minimum Gasteiger partial charge on any atom is -0.367 e. The van der Waals surface area contributed by atoms with Gasteiger partial charge in [0.15, 0.2) is 0 Å². The summed E-state index contributed by atoms with van der Waals surface area (Å²) in [6.07, 6.45) is 6.64. The molecule has 0 atom stereocenters. The van der Waals surface area contributed by atoms with Crippen molar-refractivity contribution >= 4 is 23.5 Å². The van der Waals surface area contributed by atoms with Crippen LogP contribution in [0.3, 0.4) is 0 Å². The van der Waals surface area contributed by atoms with Crippen molar-refractivity contribution in [3.05, 3.63) is 23.9 Å². The van der Waals surface area contributed by atoms with E-state index in [0.29, 0.717) is 24.9 Å². The van der Waals surface area contributed by atoms with Gasteiger partial charge in [0.1, 0.15) is 5.82 Å². The summed E-state index contributed by atoms with van der Waals surface area (Å²) in [7, 11) is 0. The number of pyridine rings is 1. The molecule has 0 bridgehead atoms. The van der Waals surface area contributed by atoms with Crippen LogP contribution in [0.15, 0.2) is 18.3 Å². The van der Waals surface area contributed by atoms with Gasteiger partial charge in [0.25, 0.3) is 5.91 Å². The number of anilines is 1. The Balaban J connectivity index is 1.49. The molecule has 0 radical (unpaired) electrons. The number of carbonyl (C=O) groups is 3. The van der Waals surface area contributed by atoms with Gasteiger partial charge in [-0.25, -0.2) is 4.98 Å². The first-order valence-electron chi connectivity index (χ1n) is 9.44. The van der Waals surface area contributed by atoms with Gasteiger partial charge in [0.2, 0.25) is 11.8 Å². The van der Waals surface area contributed by atoms with Gasteiger partial charge >= 0.3 is 0 Å². The van der Waals surface area contributed by atoms with E-state index in [2.05, 4.69) is 15.6 Å². The second-order valence-corrected chi connectivity index (χ2v) is 7.00. The number of carbonyl (C=O) groups excluding carboxylic acids is 3. The van der Waals surface area contributed by atoms with E-state index in [1.165, 1.54) is 4.90 Å². The fraction of sp³-hybridized carbons (Fsp3) is 0.579. The number of nitrogens with zero attached hydrogens (tertiary/aromatic N) is 2. The van der Waals surface area contributed by atoms with Crippen molar-refractivity contribution in [3.8, 4) is 0 Å². The molecule has 1 aliphatic heterocycles. The van der Waals surface area contributed by atoms with Gasteiger partial charge in [0, 0.05) is 37.7 Å². The molecule has 7 nitrogen and oxygen atoms in total. The number of imide groups is 1. The normalized spacial score (nSPS) is 23.2. The molecule has 2 N–H and O–H groups in total. The molecule has 2 fully saturated rings. The molecule has 0 aromatic carbocycles. The van der Waals surface area contributed by atoms with E-state index in [1.54, 1.807) is 12.3 Å². The Bertz CT molecular complexity index is 650. The van der Waals surface area contributed by atoms with E-state index < -0.39 is 0 Å². The lowest BCUT2D eigenvalue weighted by Gasteiger charge is -2.34. The Morgan fingerprint density at radius 1 is 1.15 bits per heavy atom. The number of aromatic nitrogens is 1. The van der Waals surface area contributed by atoms with Crippen LogP contribution in [-0.4, -0.2) is 46.2 Å². The van der Waals surface area contributed by atoms with E-state index in [0.717, 1.165) is 37.9 Å². The lowest BCUT2D eigenvalue weighted by molar-refractivity contribution is -0.141. The van der Waals surface area contributed by atoms with Crippen molar-refractivity contribution in [2.75, 3.05) is 11.9 Å². The van der Waals surface area contributed by atoms with Crippen molar-refractivity contribution in [1.82, 2.24) is 15.2 Å². The first kappa shape index (κ1) is 18.4. The van der Waals surface area contributed by atoms with Gasteiger partial charge in [-0.1, -0.05) is 6.92 Å². The zero-order chi connectivity index (χ0) is 18.5. The number of hydrogen-bond acceptors (Lipinski definition) is 5. The zero-order valence-electron chi connectivity index (χ0n) is 15.2. The number of nitrogens with one attached hydrogen (secondary N) is 2.